The minimum absolute atomic E-state index is 0.340. The summed E-state index contributed by atoms with van der Waals surface area (Å²) < 4.78 is 5.62. The third-order valence-corrected chi connectivity index (χ3v) is 4.37. The average molecular weight is 262 g/mol. The largest absolute Gasteiger partial charge is 0.379 e. The summed E-state index contributed by atoms with van der Waals surface area (Å²) in [5.74, 6) is 0.648. The molecule has 2 rings (SSSR count). The second-order valence-corrected chi connectivity index (χ2v) is 5.56. The molecule has 3 nitrogen and oxygen atoms in total. The summed E-state index contributed by atoms with van der Waals surface area (Å²) in [4.78, 5) is 2.47. The maximum Gasteiger partial charge on any atom is 0.0772 e. The number of benzene rings is 1. The van der Waals surface area contributed by atoms with Gasteiger partial charge in [0.2, 0.25) is 0 Å². The van der Waals surface area contributed by atoms with E-state index in [1.807, 2.05) is 14.2 Å². The topological polar surface area (TPSA) is 24.5 Å². The van der Waals surface area contributed by atoms with Gasteiger partial charge in [-0.05, 0) is 37.9 Å². The van der Waals surface area contributed by atoms with Gasteiger partial charge in [0, 0.05) is 31.9 Å². The summed E-state index contributed by atoms with van der Waals surface area (Å²) in [6.07, 6.45) is 1.53. The maximum absolute atomic E-state index is 5.62. The number of hydrogen-bond donors (Lipinski definition) is 1. The Morgan fingerprint density at radius 1 is 1.37 bits per heavy atom. The van der Waals surface area contributed by atoms with E-state index in [0.717, 1.165) is 13.1 Å². The summed E-state index contributed by atoms with van der Waals surface area (Å²) in [5.41, 5.74) is 2.72. The van der Waals surface area contributed by atoms with Crippen LogP contribution in [0, 0.1) is 5.92 Å². The number of piperidine rings is 1. The van der Waals surface area contributed by atoms with Gasteiger partial charge in [-0.1, -0.05) is 25.1 Å². The summed E-state index contributed by atoms with van der Waals surface area (Å²) in [5, 5.41) is 3.34. The van der Waals surface area contributed by atoms with Crippen LogP contribution in [-0.2, 0) is 4.74 Å². The van der Waals surface area contributed by atoms with E-state index in [9.17, 15) is 0 Å². The number of methoxy groups -OCH3 is 1. The number of hydrogen-bond acceptors (Lipinski definition) is 3. The number of rotatable bonds is 4. The third-order valence-electron chi connectivity index (χ3n) is 4.37. The van der Waals surface area contributed by atoms with Crippen LogP contribution in [-0.4, -0.2) is 33.4 Å². The zero-order valence-electron chi connectivity index (χ0n) is 12.5. The Morgan fingerprint density at radius 2 is 2.11 bits per heavy atom. The highest BCUT2D eigenvalue weighted by molar-refractivity contribution is 5.55. The number of ether oxygens (including phenoxy) is 1. The van der Waals surface area contributed by atoms with E-state index in [4.69, 9.17) is 4.74 Å². The molecule has 0 saturated carbocycles. The van der Waals surface area contributed by atoms with Crippen molar-refractivity contribution in [3.05, 3.63) is 29.8 Å². The molecule has 1 aliphatic rings. The summed E-state index contributed by atoms with van der Waals surface area (Å²) in [6.45, 7) is 6.60. The minimum atomic E-state index is 0.340. The van der Waals surface area contributed by atoms with Crippen LogP contribution in [0.2, 0.25) is 0 Å². The van der Waals surface area contributed by atoms with E-state index in [-0.39, 0.29) is 0 Å². The highest BCUT2D eigenvalue weighted by Crippen LogP contribution is 2.30. The van der Waals surface area contributed by atoms with Crippen molar-refractivity contribution in [3.8, 4) is 0 Å². The molecule has 1 aromatic carbocycles. The predicted octanol–water partition coefficient (Wildman–Crippen LogP) is 2.83. The molecular weight excluding hydrogens is 236 g/mol. The molecule has 19 heavy (non-hydrogen) atoms. The molecular formula is C16H26N2O. The van der Waals surface area contributed by atoms with E-state index in [1.54, 1.807) is 0 Å². The zero-order chi connectivity index (χ0) is 13.8. The van der Waals surface area contributed by atoms with Crippen molar-refractivity contribution in [2.75, 3.05) is 32.1 Å². The van der Waals surface area contributed by atoms with Crippen molar-refractivity contribution in [2.24, 2.45) is 5.92 Å². The smallest absolute Gasteiger partial charge is 0.0772 e. The van der Waals surface area contributed by atoms with E-state index in [0.29, 0.717) is 18.1 Å². The van der Waals surface area contributed by atoms with Gasteiger partial charge in [-0.3, -0.25) is 0 Å². The molecule has 3 heteroatoms. The highest BCUT2D eigenvalue weighted by Gasteiger charge is 2.27. The summed E-state index contributed by atoms with van der Waals surface area (Å²) >= 11 is 0. The standard InChI is InChI=1S/C16H26N2O/c1-12-9-10-18(11-16(12)19-4)15-8-6-5-7-14(15)13(2)17-3/h5-8,12-13,16-17H,9-11H2,1-4H3. The van der Waals surface area contributed by atoms with Crippen molar-refractivity contribution in [1.29, 1.82) is 0 Å². The predicted molar refractivity (Wildman–Crippen MR) is 80.7 cm³/mol. The fourth-order valence-corrected chi connectivity index (χ4v) is 2.86. The first-order valence-corrected chi connectivity index (χ1v) is 7.21. The van der Waals surface area contributed by atoms with Crippen molar-refractivity contribution in [2.45, 2.75) is 32.4 Å². The van der Waals surface area contributed by atoms with Crippen molar-refractivity contribution < 1.29 is 4.74 Å². The van der Waals surface area contributed by atoms with Gasteiger partial charge < -0.3 is 15.0 Å². The maximum atomic E-state index is 5.62. The third kappa shape index (κ3) is 3.10. The van der Waals surface area contributed by atoms with Gasteiger partial charge in [-0.25, -0.2) is 0 Å². The highest BCUT2D eigenvalue weighted by atomic mass is 16.5. The van der Waals surface area contributed by atoms with Crippen LogP contribution in [0.25, 0.3) is 0 Å². The van der Waals surface area contributed by atoms with Crippen LogP contribution in [0.4, 0.5) is 5.69 Å². The molecule has 0 spiro atoms. The molecule has 1 fully saturated rings. The van der Waals surface area contributed by atoms with Gasteiger partial charge in [0.15, 0.2) is 0 Å². The van der Waals surface area contributed by atoms with Gasteiger partial charge in [0.1, 0.15) is 0 Å². The Morgan fingerprint density at radius 3 is 2.79 bits per heavy atom. The lowest BCUT2D eigenvalue weighted by atomic mass is 9.94. The van der Waals surface area contributed by atoms with Crippen LogP contribution < -0.4 is 10.2 Å². The van der Waals surface area contributed by atoms with Crippen molar-refractivity contribution in [1.82, 2.24) is 5.32 Å². The van der Waals surface area contributed by atoms with Crippen LogP contribution >= 0.6 is 0 Å². The Bertz CT molecular complexity index is 407. The molecule has 0 aromatic heterocycles. The van der Waals surface area contributed by atoms with Crippen molar-refractivity contribution >= 4 is 5.69 Å². The molecule has 0 bridgehead atoms. The first kappa shape index (κ1) is 14.4. The number of anilines is 1. The number of nitrogens with zero attached hydrogens (tertiary/aromatic N) is 1. The molecule has 0 amide bonds. The Kier molecular flexibility index (Phi) is 4.83. The Balaban J connectivity index is 2.22. The van der Waals surface area contributed by atoms with Gasteiger partial charge in [-0.2, -0.15) is 0 Å². The first-order chi connectivity index (χ1) is 9.17. The van der Waals surface area contributed by atoms with Gasteiger partial charge in [-0.15, -0.1) is 0 Å². The van der Waals surface area contributed by atoms with E-state index in [1.165, 1.54) is 17.7 Å². The normalized spacial score (nSPS) is 25.4. The van der Waals surface area contributed by atoms with Crippen LogP contribution in [0.3, 0.4) is 0 Å². The van der Waals surface area contributed by atoms with E-state index in [2.05, 4.69) is 48.3 Å². The van der Waals surface area contributed by atoms with Crippen molar-refractivity contribution in [3.63, 3.8) is 0 Å². The molecule has 1 N–H and O–H groups in total. The molecule has 3 atom stereocenters. The van der Waals surface area contributed by atoms with Gasteiger partial charge in [0.05, 0.1) is 6.10 Å². The van der Waals surface area contributed by atoms with Crippen LogP contribution in [0.15, 0.2) is 24.3 Å². The van der Waals surface area contributed by atoms with Gasteiger partial charge in [0.25, 0.3) is 0 Å². The minimum Gasteiger partial charge on any atom is -0.379 e. The molecule has 0 radical (unpaired) electrons. The molecule has 1 heterocycles. The fraction of sp³-hybridized carbons (Fsp3) is 0.625. The molecule has 1 aliphatic heterocycles. The van der Waals surface area contributed by atoms with Gasteiger partial charge >= 0.3 is 0 Å². The lowest BCUT2D eigenvalue weighted by Gasteiger charge is -2.39. The fourth-order valence-electron chi connectivity index (χ4n) is 2.86. The van der Waals surface area contributed by atoms with E-state index < -0.39 is 0 Å². The van der Waals surface area contributed by atoms with Crippen LogP contribution in [0.1, 0.15) is 31.9 Å². The average Bonchev–Trinajstić information content (AvgIpc) is 2.47. The summed E-state index contributed by atoms with van der Waals surface area (Å²) in [6, 6.07) is 9.06. The SMILES string of the molecule is CNC(C)c1ccccc1N1CCC(C)C(OC)C1. The first-order valence-electron chi connectivity index (χ1n) is 7.21. The molecule has 106 valence electrons. The quantitative estimate of drug-likeness (QED) is 0.903. The number of para-hydroxylation sites is 1. The van der Waals surface area contributed by atoms with E-state index >= 15 is 0 Å². The molecule has 0 aliphatic carbocycles. The van der Waals surface area contributed by atoms with Crippen LogP contribution in [0.5, 0.6) is 0 Å². The lowest BCUT2D eigenvalue weighted by molar-refractivity contribution is 0.0498. The molecule has 1 saturated heterocycles. The second kappa shape index (κ2) is 6.40. The molecule has 1 aromatic rings. The molecule has 3 unspecified atom stereocenters. The Labute approximate surface area is 116 Å². The summed E-state index contributed by atoms with van der Waals surface area (Å²) in [7, 11) is 3.84. The zero-order valence-corrected chi connectivity index (χ0v) is 12.5. The second-order valence-electron chi connectivity index (χ2n) is 5.56. The Hall–Kier alpha value is -1.06. The monoisotopic (exact) mass is 262 g/mol. The lowest BCUT2D eigenvalue weighted by Crippen LogP contribution is -2.44. The number of nitrogens with one attached hydrogen (secondary N) is 1.